The van der Waals surface area contributed by atoms with Crippen molar-refractivity contribution in [1.29, 1.82) is 0 Å². The number of rotatable bonds is 3. The zero-order chi connectivity index (χ0) is 13.1. The smallest absolute Gasteiger partial charge is 0.315 e. The minimum atomic E-state index is -1.15. The lowest BCUT2D eigenvalue weighted by molar-refractivity contribution is -0.144. The van der Waals surface area contributed by atoms with Gasteiger partial charge >= 0.3 is 5.97 Å². The highest BCUT2D eigenvalue weighted by Gasteiger charge is 2.20. The summed E-state index contributed by atoms with van der Waals surface area (Å²) >= 11 is 0. The molecular formula is C13H12N2O3. The molecule has 0 aliphatic carbocycles. The van der Waals surface area contributed by atoms with E-state index in [4.69, 9.17) is 5.11 Å². The Bertz CT molecular complexity index is 605. The molecule has 0 bridgehead atoms. The summed E-state index contributed by atoms with van der Waals surface area (Å²) < 4.78 is 0. The summed E-state index contributed by atoms with van der Waals surface area (Å²) in [4.78, 5) is 26.4. The lowest BCUT2D eigenvalue weighted by Gasteiger charge is -2.10. The molecule has 1 aromatic carbocycles. The van der Waals surface area contributed by atoms with Crippen LogP contribution in [0.3, 0.4) is 0 Å². The third-order valence-electron chi connectivity index (χ3n) is 2.71. The molecule has 1 unspecified atom stereocenters. The Morgan fingerprint density at radius 3 is 2.83 bits per heavy atom. The van der Waals surface area contributed by atoms with Gasteiger partial charge in [-0.05, 0) is 24.4 Å². The molecule has 2 rings (SSSR count). The van der Waals surface area contributed by atoms with Crippen molar-refractivity contribution >= 4 is 28.3 Å². The number of amides is 1. The van der Waals surface area contributed by atoms with Crippen molar-refractivity contribution < 1.29 is 14.7 Å². The normalized spacial score (nSPS) is 12.1. The Balaban J connectivity index is 2.32. The standard InChI is InChI=1S/C13H12N2O3/c1-8(13(17)18)12(16)15-11-4-2-3-9-5-6-14-7-10(9)11/h2-8H,1H3,(H,15,16)(H,17,18). The van der Waals surface area contributed by atoms with Crippen LogP contribution in [0.5, 0.6) is 0 Å². The van der Waals surface area contributed by atoms with Crippen LogP contribution in [0.15, 0.2) is 36.7 Å². The van der Waals surface area contributed by atoms with Crippen LogP contribution in [0.2, 0.25) is 0 Å². The minimum absolute atomic E-state index is 0.543. The van der Waals surface area contributed by atoms with Crippen molar-refractivity contribution in [3.05, 3.63) is 36.7 Å². The van der Waals surface area contributed by atoms with Gasteiger partial charge in [-0.25, -0.2) is 0 Å². The van der Waals surface area contributed by atoms with E-state index in [0.717, 1.165) is 10.8 Å². The molecule has 1 amide bonds. The molecule has 0 saturated heterocycles. The molecule has 0 spiro atoms. The van der Waals surface area contributed by atoms with Crippen LogP contribution in [0, 0.1) is 5.92 Å². The molecule has 0 aliphatic rings. The maximum atomic E-state index is 11.7. The molecule has 5 nitrogen and oxygen atoms in total. The van der Waals surface area contributed by atoms with Crippen molar-refractivity contribution in [3.8, 4) is 0 Å². The maximum Gasteiger partial charge on any atom is 0.315 e. The molecular weight excluding hydrogens is 232 g/mol. The van der Waals surface area contributed by atoms with Gasteiger partial charge in [-0.15, -0.1) is 0 Å². The average Bonchev–Trinajstić information content (AvgIpc) is 2.38. The van der Waals surface area contributed by atoms with E-state index in [0.29, 0.717) is 5.69 Å². The predicted molar refractivity (Wildman–Crippen MR) is 67.2 cm³/mol. The highest BCUT2D eigenvalue weighted by molar-refractivity contribution is 6.08. The summed E-state index contributed by atoms with van der Waals surface area (Å²) in [5, 5.41) is 13.1. The van der Waals surface area contributed by atoms with Gasteiger partial charge in [0.1, 0.15) is 5.92 Å². The lowest BCUT2D eigenvalue weighted by atomic mass is 10.1. The van der Waals surface area contributed by atoms with Gasteiger partial charge in [-0.3, -0.25) is 14.6 Å². The van der Waals surface area contributed by atoms with Crippen LogP contribution < -0.4 is 5.32 Å². The van der Waals surface area contributed by atoms with Crippen LogP contribution in [-0.4, -0.2) is 22.0 Å². The number of anilines is 1. The van der Waals surface area contributed by atoms with E-state index in [2.05, 4.69) is 10.3 Å². The van der Waals surface area contributed by atoms with E-state index in [1.54, 1.807) is 24.5 Å². The van der Waals surface area contributed by atoms with Gasteiger partial charge in [-0.2, -0.15) is 0 Å². The fourth-order valence-corrected chi connectivity index (χ4v) is 1.58. The van der Waals surface area contributed by atoms with Crippen molar-refractivity contribution in [2.45, 2.75) is 6.92 Å². The second-order valence-electron chi connectivity index (χ2n) is 3.95. The number of aliphatic carboxylic acids is 1. The molecule has 1 aromatic heterocycles. The number of nitrogens with one attached hydrogen (secondary N) is 1. The van der Waals surface area contributed by atoms with Crippen LogP contribution in [0.25, 0.3) is 10.8 Å². The number of fused-ring (bicyclic) bond motifs is 1. The van der Waals surface area contributed by atoms with Crippen LogP contribution in [-0.2, 0) is 9.59 Å². The van der Waals surface area contributed by atoms with Gasteiger partial charge in [0.25, 0.3) is 0 Å². The largest absolute Gasteiger partial charge is 0.481 e. The van der Waals surface area contributed by atoms with Crippen molar-refractivity contribution in [1.82, 2.24) is 4.98 Å². The zero-order valence-electron chi connectivity index (χ0n) is 9.75. The molecule has 0 saturated carbocycles. The van der Waals surface area contributed by atoms with Gasteiger partial charge in [0.2, 0.25) is 5.91 Å². The third kappa shape index (κ3) is 2.29. The first-order chi connectivity index (χ1) is 8.59. The summed E-state index contributed by atoms with van der Waals surface area (Å²) in [6.07, 6.45) is 3.30. The van der Waals surface area contributed by atoms with Gasteiger partial charge in [0, 0.05) is 17.8 Å². The molecule has 0 radical (unpaired) electrons. The molecule has 1 atom stereocenters. The highest BCUT2D eigenvalue weighted by atomic mass is 16.4. The van der Waals surface area contributed by atoms with Crippen LogP contribution in [0.4, 0.5) is 5.69 Å². The number of carbonyl (C=O) groups is 2. The summed E-state index contributed by atoms with van der Waals surface area (Å²) in [7, 11) is 0. The Kier molecular flexibility index (Phi) is 3.23. The molecule has 1 heterocycles. The number of hydrogen-bond acceptors (Lipinski definition) is 3. The molecule has 5 heteroatoms. The van der Waals surface area contributed by atoms with E-state index in [9.17, 15) is 9.59 Å². The lowest BCUT2D eigenvalue weighted by Crippen LogP contribution is -2.26. The van der Waals surface area contributed by atoms with Gasteiger partial charge in [0.15, 0.2) is 0 Å². The number of carbonyl (C=O) groups excluding carboxylic acids is 1. The van der Waals surface area contributed by atoms with Crippen molar-refractivity contribution in [2.24, 2.45) is 5.92 Å². The number of pyridine rings is 1. The summed E-state index contributed by atoms with van der Waals surface area (Å²) in [6.45, 7) is 1.35. The number of nitrogens with zero attached hydrogens (tertiary/aromatic N) is 1. The number of carboxylic acid groups (broad SMARTS) is 1. The van der Waals surface area contributed by atoms with E-state index < -0.39 is 17.8 Å². The second kappa shape index (κ2) is 4.83. The molecule has 0 aliphatic heterocycles. The van der Waals surface area contributed by atoms with Gasteiger partial charge in [0.05, 0.1) is 5.69 Å². The first kappa shape index (κ1) is 12.0. The predicted octanol–water partition coefficient (Wildman–Crippen LogP) is 1.89. The second-order valence-corrected chi connectivity index (χ2v) is 3.95. The molecule has 0 fully saturated rings. The summed E-state index contributed by atoms with van der Waals surface area (Å²) in [5.74, 6) is -2.78. The Labute approximate surface area is 103 Å². The van der Waals surface area contributed by atoms with E-state index in [-0.39, 0.29) is 0 Å². The van der Waals surface area contributed by atoms with Crippen LogP contribution in [0.1, 0.15) is 6.92 Å². The maximum absolute atomic E-state index is 11.7. The first-order valence-electron chi connectivity index (χ1n) is 5.46. The SMILES string of the molecule is CC(C(=O)O)C(=O)Nc1cccc2ccncc12. The Morgan fingerprint density at radius 1 is 1.33 bits per heavy atom. The van der Waals surface area contributed by atoms with E-state index >= 15 is 0 Å². The zero-order valence-corrected chi connectivity index (χ0v) is 9.75. The number of benzene rings is 1. The Morgan fingerprint density at radius 2 is 2.11 bits per heavy atom. The number of hydrogen-bond donors (Lipinski definition) is 2. The molecule has 92 valence electrons. The summed E-state index contributed by atoms with van der Waals surface area (Å²) in [6, 6.07) is 7.23. The molecule has 2 N–H and O–H groups in total. The minimum Gasteiger partial charge on any atom is -0.481 e. The average molecular weight is 244 g/mol. The fourth-order valence-electron chi connectivity index (χ4n) is 1.58. The van der Waals surface area contributed by atoms with Crippen LogP contribution >= 0.6 is 0 Å². The monoisotopic (exact) mass is 244 g/mol. The Hall–Kier alpha value is -2.43. The third-order valence-corrected chi connectivity index (χ3v) is 2.71. The van der Waals surface area contributed by atoms with E-state index in [1.165, 1.54) is 6.92 Å². The number of carboxylic acids is 1. The highest BCUT2D eigenvalue weighted by Crippen LogP contribution is 2.22. The quantitative estimate of drug-likeness (QED) is 0.808. The van der Waals surface area contributed by atoms with Crippen molar-refractivity contribution in [3.63, 3.8) is 0 Å². The summed E-state index contributed by atoms with van der Waals surface area (Å²) in [5.41, 5.74) is 0.568. The van der Waals surface area contributed by atoms with E-state index in [1.807, 2.05) is 12.1 Å². The molecule has 2 aromatic rings. The number of aromatic nitrogens is 1. The first-order valence-corrected chi connectivity index (χ1v) is 5.46. The van der Waals surface area contributed by atoms with Gasteiger partial charge in [-0.1, -0.05) is 12.1 Å². The fraction of sp³-hybridized carbons (Fsp3) is 0.154. The topological polar surface area (TPSA) is 79.3 Å². The van der Waals surface area contributed by atoms with Crippen molar-refractivity contribution in [2.75, 3.05) is 5.32 Å². The van der Waals surface area contributed by atoms with Gasteiger partial charge < -0.3 is 10.4 Å². The molecule has 18 heavy (non-hydrogen) atoms.